The van der Waals surface area contributed by atoms with Crippen LogP contribution in [0.1, 0.15) is 17.3 Å². The van der Waals surface area contributed by atoms with Crippen molar-refractivity contribution in [3.63, 3.8) is 0 Å². The Morgan fingerprint density at radius 3 is 2.29 bits per heavy atom. The lowest BCUT2D eigenvalue weighted by molar-refractivity contribution is -0.120. The highest BCUT2D eigenvalue weighted by atomic mass is 16.2. The van der Waals surface area contributed by atoms with Gasteiger partial charge in [-0.15, -0.1) is 0 Å². The van der Waals surface area contributed by atoms with Crippen molar-refractivity contribution in [1.82, 2.24) is 10.6 Å². The number of anilines is 1. The Hall–Kier alpha value is -2.04. The van der Waals surface area contributed by atoms with E-state index in [1.807, 2.05) is 14.0 Å². The lowest BCUT2D eigenvalue weighted by Crippen LogP contribution is -2.36. The van der Waals surface area contributed by atoms with Crippen molar-refractivity contribution >= 4 is 17.5 Å². The van der Waals surface area contributed by atoms with Gasteiger partial charge in [-0.25, -0.2) is 0 Å². The third-order valence-corrected chi connectivity index (χ3v) is 2.22. The summed E-state index contributed by atoms with van der Waals surface area (Å²) in [4.78, 5) is 22.8. The first kappa shape index (κ1) is 13.0. The number of carbonyl (C=O) groups excluding carboxylic acids is 2. The third kappa shape index (κ3) is 4.14. The monoisotopic (exact) mass is 235 g/mol. The Morgan fingerprint density at radius 1 is 1.12 bits per heavy atom. The summed E-state index contributed by atoms with van der Waals surface area (Å²) in [5.74, 6) is -0.438. The molecule has 2 amide bonds. The van der Waals surface area contributed by atoms with Gasteiger partial charge >= 0.3 is 0 Å². The van der Waals surface area contributed by atoms with Gasteiger partial charge in [0.05, 0.1) is 6.54 Å². The van der Waals surface area contributed by atoms with E-state index in [9.17, 15) is 9.59 Å². The summed E-state index contributed by atoms with van der Waals surface area (Å²) >= 11 is 0. The van der Waals surface area contributed by atoms with Crippen molar-refractivity contribution in [2.75, 3.05) is 25.5 Å². The van der Waals surface area contributed by atoms with Crippen molar-refractivity contribution in [3.8, 4) is 0 Å². The maximum Gasteiger partial charge on any atom is 0.251 e. The molecule has 0 fully saturated rings. The van der Waals surface area contributed by atoms with E-state index in [4.69, 9.17) is 0 Å². The first-order valence-corrected chi connectivity index (χ1v) is 5.50. The van der Waals surface area contributed by atoms with Crippen LogP contribution < -0.4 is 16.0 Å². The van der Waals surface area contributed by atoms with Crippen LogP contribution >= 0.6 is 0 Å². The van der Waals surface area contributed by atoms with Crippen molar-refractivity contribution in [2.45, 2.75) is 6.92 Å². The zero-order valence-corrected chi connectivity index (χ0v) is 10.0. The van der Waals surface area contributed by atoms with E-state index in [1.54, 1.807) is 24.3 Å². The minimum atomic E-state index is -0.251. The number of nitrogens with one attached hydrogen (secondary N) is 3. The average molecular weight is 235 g/mol. The Labute approximate surface area is 101 Å². The van der Waals surface area contributed by atoms with Crippen LogP contribution in [0.25, 0.3) is 0 Å². The fraction of sp³-hybridized carbons (Fsp3) is 0.333. The highest BCUT2D eigenvalue weighted by molar-refractivity contribution is 5.96. The zero-order chi connectivity index (χ0) is 12.7. The molecule has 92 valence electrons. The van der Waals surface area contributed by atoms with Gasteiger partial charge in [0.15, 0.2) is 0 Å². The van der Waals surface area contributed by atoms with E-state index in [0.29, 0.717) is 12.1 Å². The summed E-state index contributed by atoms with van der Waals surface area (Å²) in [7, 11) is 1.81. The summed E-state index contributed by atoms with van der Waals surface area (Å²) in [5.41, 5.74) is 1.47. The van der Waals surface area contributed by atoms with Gasteiger partial charge in [0.1, 0.15) is 0 Å². The highest BCUT2D eigenvalue weighted by Crippen LogP contribution is 2.08. The molecule has 1 aromatic rings. The Balaban J connectivity index is 2.49. The topological polar surface area (TPSA) is 70.2 Å². The number of hydrogen-bond donors (Lipinski definition) is 3. The number of carbonyl (C=O) groups is 2. The second-order valence-electron chi connectivity index (χ2n) is 3.46. The molecule has 0 unspecified atom stereocenters. The molecule has 0 radical (unpaired) electrons. The summed E-state index contributed by atoms with van der Waals surface area (Å²) in [6, 6.07) is 7.03. The normalized spacial score (nSPS) is 9.53. The molecule has 17 heavy (non-hydrogen) atoms. The molecule has 1 rings (SSSR count). The van der Waals surface area contributed by atoms with Crippen LogP contribution in [0.5, 0.6) is 0 Å². The van der Waals surface area contributed by atoms with Gasteiger partial charge in [-0.3, -0.25) is 9.59 Å². The molecule has 1 aromatic carbocycles. The maximum absolute atomic E-state index is 11.6. The van der Waals surface area contributed by atoms with E-state index < -0.39 is 0 Å². The molecule has 0 heterocycles. The molecule has 0 aromatic heterocycles. The SMILES string of the molecule is CCNC(=O)CNC(=O)c1ccc(NC)cc1. The van der Waals surface area contributed by atoms with E-state index in [2.05, 4.69) is 16.0 Å². The van der Waals surface area contributed by atoms with Crippen molar-refractivity contribution in [3.05, 3.63) is 29.8 Å². The molecule has 3 N–H and O–H groups in total. The van der Waals surface area contributed by atoms with Gasteiger partial charge in [-0.2, -0.15) is 0 Å². The molecule has 0 saturated carbocycles. The van der Waals surface area contributed by atoms with Gasteiger partial charge in [0.2, 0.25) is 5.91 Å². The predicted molar refractivity (Wildman–Crippen MR) is 67.0 cm³/mol. The highest BCUT2D eigenvalue weighted by Gasteiger charge is 2.06. The number of benzene rings is 1. The van der Waals surface area contributed by atoms with Crippen LogP contribution in [-0.2, 0) is 4.79 Å². The predicted octanol–water partition coefficient (Wildman–Crippen LogP) is 0.594. The molecule has 0 saturated heterocycles. The lowest BCUT2D eigenvalue weighted by Gasteiger charge is -2.06. The summed E-state index contributed by atoms with van der Waals surface area (Å²) in [5, 5.41) is 8.12. The minimum Gasteiger partial charge on any atom is -0.388 e. The number of rotatable bonds is 5. The van der Waals surface area contributed by atoms with Gasteiger partial charge in [0, 0.05) is 24.8 Å². The smallest absolute Gasteiger partial charge is 0.251 e. The van der Waals surface area contributed by atoms with E-state index in [0.717, 1.165) is 5.69 Å². The van der Waals surface area contributed by atoms with Gasteiger partial charge in [0.25, 0.3) is 5.91 Å². The second kappa shape index (κ2) is 6.52. The van der Waals surface area contributed by atoms with E-state index >= 15 is 0 Å². The molecular formula is C12H17N3O2. The second-order valence-corrected chi connectivity index (χ2v) is 3.46. The molecule has 0 atom stereocenters. The Kier molecular flexibility index (Phi) is 5.00. The Bertz CT molecular complexity index is 387. The lowest BCUT2D eigenvalue weighted by atomic mass is 10.2. The van der Waals surface area contributed by atoms with Crippen LogP contribution in [0, 0.1) is 0 Å². The maximum atomic E-state index is 11.6. The summed E-state index contributed by atoms with van der Waals surface area (Å²) in [6.45, 7) is 2.39. The fourth-order valence-corrected chi connectivity index (χ4v) is 1.31. The van der Waals surface area contributed by atoms with Crippen LogP contribution in [0.15, 0.2) is 24.3 Å². The largest absolute Gasteiger partial charge is 0.388 e. The third-order valence-electron chi connectivity index (χ3n) is 2.22. The van der Waals surface area contributed by atoms with Gasteiger partial charge in [-0.05, 0) is 31.2 Å². The standard InChI is InChI=1S/C12H17N3O2/c1-3-14-11(16)8-15-12(17)9-4-6-10(13-2)7-5-9/h4-7,13H,3,8H2,1-2H3,(H,14,16)(H,15,17). The quantitative estimate of drug-likeness (QED) is 0.699. The van der Waals surface area contributed by atoms with Crippen LogP contribution in [0.3, 0.4) is 0 Å². The fourth-order valence-electron chi connectivity index (χ4n) is 1.31. The Morgan fingerprint density at radius 2 is 1.76 bits per heavy atom. The molecule has 0 aliphatic rings. The van der Waals surface area contributed by atoms with Gasteiger partial charge < -0.3 is 16.0 Å². The molecule has 5 nitrogen and oxygen atoms in total. The minimum absolute atomic E-state index is 0.000449. The van der Waals surface area contributed by atoms with Crippen molar-refractivity contribution in [2.24, 2.45) is 0 Å². The van der Waals surface area contributed by atoms with Crippen LogP contribution in [0.2, 0.25) is 0 Å². The van der Waals surface area contributed by atoms with Crippen LogP contribution in [0.4, 0.5) is 5.69 Å². The number of amides is 2. The summed E-state index contributed by atoms with van der Waals surface area (Å²) < 4.78 is 0. The van der Waals surface area contributed by atoms with E-state index in [1.165, 1.54) is 0 Å². The molecular weight excluding hydrogens is 218 g/mol. The number of hydrogen-bond acceptors (Lipinski definition) is 3. The van der Waals surface area contributed by atoms with Crippen molar-refractivity contribution in [1.29, 1.82) is 0 Å². The molecule has 0 bridgehead atoms. The first-order valence-electron chi connectivity index (χ1n) is 5.50. The molecule has 0 aliphatic carbocycles. The van der Waals surface area contributed by atoms with Gasteiger partial charge in [-0.1, -0.05) is 0 Å². The average Bonchev–Trinajstić information content (AvgIpc) is 2.36. The molecule has 0 spiro atoms. The number of likely N-dealkylation sites (N-methyl/N-ethyl adjacent to an activating group) is 1. The molecule has 0 aliphatic heterocycles. The summed E-state index contributed by atoms with van der Waals surface area (Å²) in [6.07, 6.45) is 0. The first-order chi connectivity index (χ1) is 8.17. The van der Waals surface area contributed by atoms with Crippen molar-refractivity contribution < 1.29 is 9.59 Å². The molecule has 5 heteroatoms. The van der Waals surface area contributed by atoms with E-state index in [-0.39, 0.29) is 18.4 Å². The van der Waals surface area contributed by atoms with Crippen LogP contribution in [-0.4, -0.2) is 32.0 Å². The zero-order valence-electron chi connectivity index (χ0n) is 10.0.